The van der Waals surface area contributed by atoms with Crippen molar-refractivity contribution >= 4 is 17.7 Å². The topological polar surface area (TPSA) is 95.1 Å². The van der Waals surface area contributed by atoms with Gasteiger partial charge in [-0.2, -0.15) is 10.5 Å². The number of nitrogens with zero attached hydrogens (tertiary/aromatic N) is 2. The Hall–Kier alpha value is -4.81. The summed E-state index contributed by atoms with van der Waals surface area (Å²) >= 11 is 0. The van der Waals surface area contributed by atoms with Crippen molar-refractivity contribution in [2.24, 2.45) is 0 Å². The zero-order valence-corrected chi connectivity index (χ0v) is 20.6. The number of allylic oxidation sites excluding steroid dienone is 1. The van der Waals surface area contributed by atoms with E-state index >= 15 is 0 Å². The SMILES string of the molecule is C=CCc1cc(/C=C(\C#N)C(=O)Nc2ccc(C)c(C)c2)cc(OC)c1OCc1ccccc1C#N. The van der Waals surface area contributed by atoms with Gasteiger partial charge in [-0.25, -0.2) is 0 Å². The third kappa shape index (κ3) is 6.20. The molecule has 6 nitrogen and oxygen atoms in total. The Kier molecular flexibility index (Phi) is 8.64. The Morgan fingerprint density at radius 1 is 1.06 bits per heavy atom. The van der Waals surface area contributed by atoms with E-state index in [0.29, 0.717) is 34.7 Å². The second-order valence-corrected chi connectivity index (χ2v) is 8.18. The van der Waals surface area contributed by atoms with Gasteiger partial charge in [0.1, 0.15) is 18.2 Å². The lowest BCUT2D eigenvalue weighted by Crippen LogP contribution is -2.13. The molecule has 36 heavy (non-hydrogen) atoms. The van der Waals surface area contributed by atoms with Gasteiger partial charge in [-0.1, -0.05) is 30.3 Å². The van der Waals surface area contributed by atoms with Crippen molar-refractivity contribution in [2.45, 2.75) is 26.9 Å². The highest BCUT2D eigenvalue weighted by Gasteiger charge is 2.16. The van der Waals surface area contributed by atoms with Crippen LogP contribution in [0.4, 0.5) is 5.69 Å². The second kappa shape index (κ2) is 12.1. The van der Waals surface area contributed by atoms with Gasteiger partial charge in [-0.15, -0.1) is 6.58 Å². The molecule has 180 valence electrons. The van der Waals surface area contributed by atoms with Crippen molar-refractivity contribution < 1.29 is 14.3 Å². The number of rotatable bonds is 9. The summed E-state index contributed by atoms with van der Waals surface area (Å²) in [6.07, 6.45) is 3.72. The zero-order valence-electron chi connectivity index (χ0n) is 20.6. The van der Waals surface area contributed by atoms with E-state index in [9.17, 15) is 15.3 Å². The van der Waals surface area contributed by atoms with Gasteiger partial charge in [0.05, 0.1) is 18.7 Å². The summed E-state index contributed by atoms with van der Waals surface area (Å²) in [4.78, 5) is 12.8. The molecule has 0 unspecified atom stereocenters. The van der Waals surface area contributed by atoms with E-state index in [4.69, 9.17) is 9.47 Å². The van der Waals surface area contributed by atoms with E-state index in [0.717, 1.165) is 22.3 Å². The van der Waals surface area contributed by atoms with E-state index in [-0.39, 0.29) is 12.2 Å². The summed E-state index contributed by atoms with van der Waals surface area (Å²) in [5.41, 5.74) is 5.41. The van der Waals surface area contributed by atoms with Crippen molar-refractivity contribution in [3.05, 3.63) is 106 Å². The van der Waals surface area contributed by atoms with Gasteiger partial charge in [0, 0.05) is 16.8 Å². The van der Waals surface area contributed by atoms with E-state index in [1.165, 1.54) is 13.2 Å². The number of carbonyl (C=O) groups is 1. The van der Waals surface area contributed by atoms with Crippen LogP contribution in [0.1, 0.15) is 33.4 Å². The van der Waals surface area contributed by atoms with Crippen molar-refractivity contribution in [3.63, 3.8) is 0 Å². The van der Waals surface area contributed by atoms with E-state index in [1.807, 2.05) is 50.2 Å². The standard InChI is InChI=1S/C30H27N3O3/c1-5-8-23-14-22(15-26(18-32)30(34)33-27-12-11-20(2)21(3)13-27)16-28(35-4)29(23)36-19-25-10-7-6-9-24(25)17-31/h5-7,9-16H,1,8,19H2,2-4H3,(H,33,34)/b26-15+. The minimum absolute atomic E-state index is 0.0450. The Balaban J connectivity index is 1.92. The summed E-state index contributed by atoms with van der Waals surface area (Å²) in [6, 6.07) is 20.5. The molecule has 0 saturated heterocycles. The molecular formula is C30H27N3O3. The number of nitriles is 2. The quantitative estimate of drug-likeness (QED) is 0.230. The number of methoxy groups -OCH3 is 1. The normalized spacial score (nSPS) is 10.6. The molecule has 0 spiro atoms. The predicted molar refractivity (Wildman–Crippen MR) is 141 cm³/mol. The molecule has 1 amide bonds. The Morgan fingerprint density at radius 2 is 1.83 bits per heavy atom. The van der Waals surface area contributed by atoms with Crippen molar-refractivity contribution in [1.29, 1.82) is 10.5 Å². The van der Waals surface area contributed by atoms with Crippen LogP contribution in [0.5, 0.6) is 11.5 Å². The van der Waals surface area contributed by atoms with Crippen molar-refractivity contribution in [2.75, 3.05) is 12.4 Å². The summed E-state index contributed by atoms with van der Waals surface area (Å²) < 4.78 is 11.7. The number of nitrogens with one attached hydrogen (secondary N) is 1. The van der Waals surface area contributed by atoms with Crippen LogP contribution in [0.15, 0.2) is 72.8 Å². The van der Waals surface area contributed by atoms with Gasteiger partial charge in [0.2, 0.25) is 0 Å². The lowest BCUT2D eigenvalue weighted by atomic mass is 10.0. The average Bonchev–Trinajstić information content (AvgIpc) is 2.88. The Morgan fingerprint density at radius 3 is 2.50 bits per heavy atom. The Labute approximate surface area is 211 Å². The number of carbonyl (C=O) groups excluding carboxylic acids is 1. The van der Waals surface area contributed by atoms with Crippen LogP contribution >= 0.6 is 0 Å². The summed E-state index contributed by atoms with van der Waals surface area (Å²) in [6.45, 7) is 7.96. The number of aryl methyl sites for hydroxylation is 2. The van der Waals surface area contributed by atoms with Crippen LogP contribution in [-0.2, 0) is 17.8 Å². The largest absolute Gasteiger partial charge is 0.493 e. The maximum absolute atomic E-state index is 12.8. The molecule has 0 aliphatic carbocycles. The van der Waals surface area contributed by atoms with Crippen LogP contribution < -0.4 is 14.8 Å². The summed E-state index contributed by atoms with van der Waals surface area (Å²) in [7, 11) is 1.52. The lowest BCUT2D eigenvalue weighted by Gasteiger charge is -2.16. The number of anilines is 1. The molecule has 1 N–H and O–H groups in total. The first-order valence-electron chi connectivity index (χ1n) is 11.3. The molecule has 0 aliphatic heterocycles. The smallest absolute Gasteiger partial charge is 0.266 e. The minimum Gasteiger partial charge on any atom is -0.493 e. The van der Waals surface area contributed by atoms with Gasteiger partial charge in [0.15, 0.2) is 11.5 Å². The fourth-order valence-corrected chi connectivity index (χ4v) is 3.63. The van der Waals surface area contributed by atoms with Gasteiger partial charge < -0.3 is 14.8 Å². The molecular weight excluding hydrogens is 450 g/mol. The van der Waals surface area contributed by atoms with Crippen LogP contribution in [0, 0.1) is 36.5 Å². The average molecular weight is 478 g/mol. The molecule has 0 aromatic heterocycles. The van der Waals surface area contributed by atoms with Gasteiger partial charge >= 0.3 is 0 Å². The van der Waals surface area contributed by atoms with Gasteiger partial charge in [0.25, 0.3) is 5.91 Å². The molecule has 0 bridgehead atoms. The first kappa shape index (κ1) is 25.8. The first-order valence-corrected chi connectivity index (χ1v) is 11.3. The fraction of sp³-hybridized carbons (Fsp3) is 0.167. The summed E-state index contributed by atoms with van der Waals surface area (Å²) in [5, 5.41) is 21.8. The van der Waals surface area contributed by atoms with Gasteiger partial charge in [-0.3, -0.25) is 4.79 Å². The molecule has 0 atom stereocenters. The van der Waals surface area contributed by atoms with Crippen LogP contribution in [-0.4, -0.2) is 13.0 Å². The van der Waals surface area contributed by atoms with Crippen LogP contribution in [0.3, 0.4) is 0 Å². The minimum atomic E-state index is -0.501. The third-order valence-electron chi connectivity index (χ3n) is 5.69. The molecule has 6 heteroatoms. The number of ether oxygens (including phenoxy) is 2. The van der Waals surface area contributed by atoms with Crippen molar-refractivity contribution in [3.8, 4) is 23.6 Å². The molecule has 0 radical (unpaired) electrons. The summed E-state index contributed by atoms with van der Waals surface area (Å²) in [5.74, 6) is 0.459. The highest BCUT2D eigenvalue weighted by atomic mass is 16.5. The van der Waals surface area contributed by atoms with Crippen molar-refractivity contribution in [1.82, 2.24) is 0 Å². The fourth-order valence-electron chi connectivity index (χ4n) is 3.63. The third-order valence-corrected chi connectivity index (χ3v) is 5.69. The number of hydrogen-bond donors (Lipinski definition) is 1. The van der Waals surface area contributed by atoms with E-state index in [2.05, 4.69) is 18.0 Å². The van der Waals surface area contributed by atoms with E-state index < -0.39 is 5.91 Å². The van der Waals surface area contributed by atoms with E-state index in [1.54, 1.807) is 30.3 Å². The monoisotopic (exact) mass is 477 g/mol. The Bertz CT molecular complexity index is 1410. The van der Waals surface area contributed by atoms with Gasteiger partial charge in [-0.05, 0) is 73.4 Å². The number of benzene rings is 3. The predicted octanol–water partition coefficient (Wildman–Crippen LogP) is 6.04. The molecule has 3 aromatic carbocycles. The molecule has 3 rings (SSSR count). The number of hydrogen-bond acceptors (Lipinski definition) is 5. The molecule has 0 heterocycles. The van der Waals surface area contributed by atoms with Crippen LogP contribution in [0.25, 0.3) is 6.08 Å². The maximum atomic E-state index is 12.8. The molecule has 0 fully saturated rings. The highest BCUT2D eigenvalue weighted by Crippen LogP contribution is 2.35. The molecule has 0 aliphatic rings. The zero-order chi connectivity index (χ0) is 26.1. The molecule has 3 aromatic rings. The second-order valence-electron chi connectivity index (χ2n) is 8.18. The molecule has 0 saturated carbocycles. The maximum Gasteiger partial charge on any atom is 0.266 e. The first-order chi connectivity index (χ1) is 17.4. The van der Waals surface area contributed by atoms with Crippen LogP contribution in [0.2, 0.25) is 0 Å². The highest BCUT2D eigenvalue weighted by molar-refractivity contribution is 6.09. The lowest BCUT2D eigenvalue weighted by molar-refractivity contribution is -0.112. The number of amides is 1.